The Morgan fingerprint density at radius 1 is 1.00 bits per heavy atom. The van der Waals surface area contributed by atoms with Crippen LogP contribution in [0.2, 0.25) is 0 Å². The van der Waals surface area contributed by atoms with Crippen molar-refractivity contribution >= 4 is 16.6 Å². The van der Waals surface area contributed by atoms with Crippen molar-refractivity contribution in [1.82, 2.24) is 4.98 Å². The van der Waals surface area contributed by atoms with Crippen molar-refractivity contribution in [2.24, 2.45) is 0 Å². The van der Waals surface area contributed by atoms with Crippen molar-refractivity contribution in [2.75, 3.05) is 5.32 Å². The molecule has 0 bridgehead atoms. The van der Waals surface area contributed by atoms with Crippen LogP contribution in [0.4, 0.5) is 5.69 Å². The van der Waals surface area contributed by atoms with E-state index in [2.05, 4.69) is 65.8 Å². The quantitative estimate of drug-likeness (QED) is 0.660. The fraction of sp³-hybridized carbons (Fsp3) is 0.222. The van der Waals surface area contributed by atoms with Crippen molar-refractivity contribution in [3.05, 3.63) is 65.4 Å². The third-order valence-corrected chi connectivity index (χ3v) is 4.34. The molecule has 1 aliphatic rings. The zero-order valence-corrected chi connectivity index (χ0v) is 11.6. The lowest BCUT2D eigenvalue weighted by atomic mass is 9.92. The van der Waals surface area contributed by atoms with Crippen molar-refractivity contribution in [3.63, 3.8) is 0 Å². The van der Waals surface area contributed by atoms with Crippen molar-refractivity contribution in [1.29, 1.82) is 0 Å². The van der Waals surface area contributed by atoms with E-state index in [0.717, 1.165) is 12.8 Å². The lowest BCUT2D eigenvalue weighted by Gasteiger charge is -2.27. The predicted octanol–water partition coefficient (Wildman–Crippen LogP) is 4.58. The molecule has 0 spiro atoms. The Balaban J connectivity index is 1.80. The summed E-state index contributed by atoms with van der Waals surface area (Å²) in [4.78, 5) is 3.51. The maximum absolute atomic E-state index is 3.71. The van der Waals surface area contributed by atoms with E-state index in [4.69, 9.17) is 0 Å². The van der Waals surface area contributed by atoms with Crippen LogP contribution in [-0.2, 0) is 6.42 Å². The van der Waals surface area contributed by atoms with Gasteiger partial charge in [0.25, 0.3) is 0 Å². The Morgan fingerprint density at radius 3 is 2.75 bits per heavy atom. The molecule has 0 saturated heterocycles. The van der Waals surface area contributed by atoms with Crippen LogP contribution in [0.5, 0.6) is 0 Å². The number of aromatic amines is 1. The van der Waals surface area contributed by atoms with Gasteiger partial charge in [-0.05, 0) is 37.5 Å². The highest BCUT2D eigenvalue weighted by Gasteiger charge is 2.23. The molecule has 0 saturated carbocycles. The lowest BCUT2D eigenvalue weighted by molar-refractivity contribution is 0.668. The highest BCUT2D eigenvalue weighted by Crippen LogP contribution is 2.37. The Bertz CT molecular complexity index is 770. The van der Waals surface area contributed by atoms with Crippen LogP contribution in [0.25, 0.3) is 10.9 Å². The lowest BCUT2D eigenvalue weighted by Crippen LogP contribution is -2.18. The van der Waals surface area contributed by atoms with E-state index in [0.29, 0.717) is 6.04 Å². The Morgan fingerprint density at radius 2 is 1.80 bits per heavy atom. The monoisotopic (exact) mass is 262 g/mol. The molecule has 1 atom stereocenters. The van der Waals surface area contributed by atoms with Gasteiger partial charge >= 0.3 is 0 Å². The number of anilines is 1. The molecule has 100 valence electrons. The van der Waals surface area contributed by atoms with E-state index in [1.165, 1.54) is 33.4 Å². The fourth-order valence-electron chi connectivity index (χ4n) is 3.40. The molecule has 2 nitrogen and oxygen atoms in total. The van der Waals surface area contributed by atoms with Gasteiger partial charge in [-0.3, -0.25) is 0 Å². The van der Waals surface area contributed by atoms with E-state index < -0.39 is 0 Å². The first-order chi connectivity index (χ1) is 9.83. The second kappa shape index (κ2) is 4.41. The molecular weight excluding hydrogens is 244 g/mol. The number of para-hydroxylation sites is 2. The number of hydrogen-bond acceptors (Lipinski definition) is 1. The first-order valence-corrected chi connectivity index (χ1v) is 7.24. The highest BCUT2D eigenvalue weighted by molar-refractivity contribution is 5.85. The Kier molecular flexibility index (Phi) is 2.56. The average molecular weight is 262 g/mol. The van der Waals surface area contributed by atoms with Crippen LogP contribution in [0, 0.1) is 6.92 Å². The van der Waals surface area contributed by atoms with Gasteiger partial charge in [0, 0.05) is 27.8 Å². The SMILES string of the molecule is Cc1[nH]c2ccccc2c1C1CCc2ccccc2N1. The fourth-order valence-corrected chi connectivity index (χ4v) is 3.40. The summed E-state index contributed by atoms with van der Waals surface area (Å²) in [5.74, 6) is 0. The summed E-state index contributed by atoms with van der Waals surface area (Å²) in [6, 6.07) is 17.6. The largest absolute Gasteiger partial charge is 0.378 e. The van der Waals surface area contributed by atoms with Crippen LogP contribution in [0.15, 0.2) is 48.5 Å². The van der Waals surface area contributed by atoms with Crippen LogP contribution >= 0.6 is 0 Å². The third kappa shape index (κ3) is 1.72. The smallest absolute Gasteiger partial charge is 0.0540 e. The zero-order valence-electron chi connectivity index (χ0n) is 11.6. The number of aromatic nitrogens is 1. The number of benzene rings is 2. The summed E-state index contributed by atoms with van der Waals surface area (Å²) < 4.78 is 0. The molecule has 1 aliphatic heterocycles. The van der Waals surface area contributed by atoms with Crippen LogP contribution in [0.3, 0.4) is 0 Å². The third-order valence-electron chi connectivity index (χ3n) is 4.34. The molecule has 1 aromatic heterocycles. The number of nitrogens with one attached hydrogen (secondary N) is 2. The first kappa shape index (κ1) is 11.6. The molecule has 2 heterocycles. The molecule has 3 aromatic rings. The molecular formula is C18H18N2. The number of H-pyrrole nitrogens is 1. The average Bonchev–Trinajstić information content (AvgIpc) is 2.82. The molecule has 0 amide bonds. The maximum Gasteiger partial charge on any atom is 0.0540 e. The minimum Gasteiger partial charge on any atom is -0.378 e. The molecule has 20 heavy (non-hydrogen) atoms. The maximum atomic E-state index is 3.71. The van der Waals surface area contributed by atoms with E-state index in [1.807, 2.05) is 0 Å². The molecule has 0 fully saturated rings. The summed E-state index contributed by atoms with van der Waals surface area (Å²) >= 11 is 0. The standard InChI is InChI=1S/C18H18N2/c1-12-18(14-7-3-5-9-16(14)19-12)17-11-10-13-6-2-4-8-15(13)20-17/h2-9,17,19-20H,10-11H2,1H3. The predicted molar refractivity (Wildman–Crippen MR) is 84.2 cm³/mol. The van der Waals surface area contributed by atoms with E-state index in [1.54, 1.807) is 0 Å². The summed E-state index contributed by atoms with van der Waals surface area (Å²) in [5.41, 5.74) is 6.66. The van der Waals surface area contributed by atoms with Crippen LogP contribution in [0.1, 0.15) is 29.3 Å². The van der Waals surface area contributed by atoms with Gasteiger partial charge in [0.15, 0.2) is 0 Å². The number of hydrogen-bond donors (Lipinski definition) is 2. The summed E-state index contributed by atoms with van der Waals surface area (Å²) in [6.07, 6.45) is 2.30. The Labute approximate surface area is 118 Å². The minimum absolute atomic E-state index is 0.404. The van der Waals surface area contributed by atoms with Crippen molar-refractivity contribution in [2.45, 2.75) is 25.8 Å². The highest BCUT2D eigenvalue weighted by atomic mass is 14.9. The van der Waals surface area contributed by atoms with Gasteiger partial charge in [-0.15, -0.1) is 0 Å². The van der Waals surface area contributed by atoms with Gasteiger partial charge in [-0.25, -0.2) is 0 Å². The van der Waals surface area contributed by atoms with Crippen LogP contribution in [-0.4, -0.2) is 4.98 Å². The van der Waals surface area contributed by atoms with Gasteiger partial charge in [-0.2, -0.15) is 0 Å². The zero-order chi connectivity index (χ0) is 13.5. The van der Waals surface area contributed by atoms with E-state index in [9.17, 15) is 0 Å². The van der Waals surface area contributed by atoms with Crippen molar-refractivity contribution < 1.29 is 0 Å². The topological polar surface area (TPSA) is 27.8 Å². The molecule has 2 heteroatoms. The molecule has 0 radical (unpaired) electrons. The summed E-state index contributed by atoms with van der Waals surface area (Å²) in [7, 11) is 0. The number of rotatable bonds is 1. The van der Waals surface area contributed by atoms with Gasteiger partial charge < -0.3 is 10.3 Å². The van der Waals surface area contributed by atoms with Crippen molar-refractivity contribution in [3.8, 4) is 0 Å². The first-order valence-electron chi connectivity index (χ1n) is 7.24. The second-order valence-electron chi connectivity index (χ2n) is 5.60. The van der Waals surface area contributed by atoms with Gasteiger partial charge in [0.2, 0.25) is 0 Å². The van der Waals surface area contributed by atoms with Gasteiger partial charge in [0.1, 0.15) is 0 Å². The second-order valence-corrected chi connectivity index (χ2v) is 5.60. The number of fused-ring (bicyclic) bond motifs is 2. The Hall–Kier alpha value is -2.22. The van der Waals surface area contributed by atoms with E-state index in [-0.39, 0.29) is 0 Å². The normalized spacial score (nSPS) is 17.8. The van der Waals surface area contributed by atoms with Gasteiger partial charge in [-0.1, -0.05) is 36.4 Å². The molecule has 2 N–H and O–H groups in total. The molecule has 2 aromatic carbocycles. The summed E-state index contributed by atoms with van der Waals surface area (Å²) in [5, 5.41) is 5.06. The minimum atomic E-state index is 0.404. The summed E-state index contributed by atoms with van der Waals surface area (Å²) in [6.45, 7) is 2.18. The molecule has 4 rings (SSSR count). The van der Waals surface area contributed by atoms with E-state index >= 15 is 0 Å². The van der Waals surface area contributed by atoms with Gasteiger partial charge in [0.05, 0.1) is 6.04 Å². The molecule has 1 unspecified atom stereocenters. The number of aryl methyl sites for hydroxylation is 2. The molecule has 0 aliphatic carbocycles. The van der Waals surface area contributed by atoms with Crippen LogP contribution < -0.4 is 5.32 Å².